The molecule has 0 aromatic carbocycles. The number of carbonyl (C=O) groups is 1. The monoisotopic (exact) mass is 238 g/mol. The van der Waals surface area contributed by atoms with Crippen LogP contribution in [0.15, 0.2) is 18.5 Å². The van der Waals surface area contributed by atoms with Gasteiger partial charge in [-0.15, -0.1) is 0 Å². The minimum atomic E-state index is -0.492. The van der Waals surface area contributed by atoms with Crippen LogP contribution in [-0.2, 0) is 11.3 Å². The number of rotatable bonds is 5. The van der Waals surface area contributed by atoms with Crippen molar-refractivity contribution in [2.45, 2.75) is 46.4 Å². The molecule has 96 valence electrons. The maximum Gasteiger partial charge on any atom is 0.240 e. The lowest BCUT2D eigenvalue weighted by atomic mass is 10.1. The van der Waals surface area contributed by atoms with Gasteiger partial charge >= 0.3 is 0 Å². The molecule has 17 heavy (non-hydrogen) atoms. The third-order valence-electron chi connectivity index (χ3n) is 2.97. The van der Waals surface area contributed by atoms with E-state index in [0.29, 0.717) is 12.5 Å². The van der Waals surface area contributed by atoms with E-state index in [0.717, 1.165) is 5.56 Å². The van der Waals surface area contributed by atoms with Crippen molar-refractivity contribution < 1.29 is 9.90 Å². The summed E-state index contributed by atoms with van der Waals surface area (Å²) in [6.07, 6.45) is 3.11. The van der Waals surface area contributed by atoms with Crippen LogP contribution in [0.1, 0.15) is 39.4 Å². The molecule has 1 aromatic rings. The Morgan fingerprint density at radius 1 is 1.41 bits per heavy atom. The van der Waals surface area contributed by atoms with E-state index in [1.165, 1.54) is 0 Å². The number of nitrogens with zero attached hydrogens (tertiary/aromatic N) is 1. The molecule has 1 aromatic heterocycles. The van der Waals surface area contributed by atoms with Gasteiger partial charge in [-0.05, 0) is 31.4 Å². The molecular weight excluding hydrogens is 216 g/mol. The average molecular weight is 238 g/mol. The second-order valence-corrected chi connectivity index (χ2v) is 4.89. The normalized spacial score (nSPS) is 14.7. The predicted octanol–water partition coefficient (Wildman–Crippen LogP) is 1.70. The zero-order valence-electron chi connectivity index (χ0n) is 11.0. The van der Waals surface area contributed by atoms with Crippen molar-refractivity contribution >= 4 is 5.91 Å². The summed E-state index contributed by atoms with van der Waals surface area (Å²) in [6, 6.07) is 2.00. The van der Waals surface area contributed by atoms with Gasteiger partial charge in [-0.2, -0.15) is 0 Å². The van der Waals surface area contributed by atoms with E-state index >= 15 is 0 Å². The zero-order valence-corrected chi connectivity index (χ0v) is 11.0. The Bertz CT molecular complexity index is 369. The minimum absolute atomic E-state index is 0.000979. The van der Waals surface area contributed by atoms with Crippen LogP contribution in [0.3, 0.4) is 0 Å². The van der Waals surface area contributed by atoms with Gasteiger partial charge in [-0.1, -0.05) is 13.8 Å². The van der Waals surface area contributed by atoms with Crippen LogP contribution >= 0.6 is 0 Å². The van der Waals surface area contributed by atoms with Gasteiger partial charge < -0.3 is 15.0 Å². The fourth-order valence-electron chi connectivity index (χ4n) is 1.44. The fourth-order valence-corrected chi connectivity index (χ4v) is 1.44. The molecule has 0 fully saturated rings. The molecule has 1 rings (SSSR count). The largest absolute Gasteiger partial charge is 0.389 e. The maximum atomic E-state index is 11.7. The van der Waals surface area contributed by atoms with Crippen LogP contribution in [0.25, 0.3) is 0 Å². The summed E-state index contributed by atoms with van der Waals surface area (Å²) in [5.41, 5.74) is 0.828. The smallest absolute Gasteiger partial charge is 0.240 e. The number of nitrogens with one attached hydrogen (secondary N) is 1. The molecule has 0 saturated carbocycles. The van der Waals surface area contributed by atoms with Gasteiger partial charge in [0.05, 0.1) is 6.10 Å². The van der Waals surface area contributed by atoms with E-state index in [-0.39, 0.29) is 11.9 Å². The molecule has 2 unspecified atom stereocenters. The van der Waals surface area contributed by atoms with E-state index in [1.807, 2.05) is 19.2 Å². The summed E-state index contributed by atoms with van der Waals surface area (Å²) < 4.78 is 1.78. The van der Waals surface area contributed by atoms with E-state index in [1.54, 1.807) is 17.7 Å². The van der Waals surface area contributed by atoms with E-state index in [9.17, 15) is 9.90 Å². The Balaban J connectivity index is 2.50. The quantitative estimate of drug-likeness (QED) is 0.820. The van der Waals surface area contributed by atoms with Crippen molar-refractivity contribution in [3.63, 3.8) is 0 Å². The maximum absolute atomic E-state index is 11.7. The molecule has 2 N–H and O–H groups in total. The summed E-state index contributed by atoms with van der Waals surface area (Å²) in [6.45, 7) is 8.15. The molecule has 0 saturated heterocycles. The van der Waals surface area contributed by atoms with Gasteiger partial charge in [0.2, 0.25) is 5.91 Å². The lowest BCUT2D eigenvalue weighted by Crippen LogP contribution is -2.37. The molecular formula is C13H22N2O2. The molecule has 0 spiro atoms. The van der Waals surface area contributed by atoms with Crippen molar-refractivity contribution in [1.82, 2.24) is 9.88 Å². The van der Waals surface area contributed by atoms with Gasteiger partial charge in [0, 0.05) is 18.4 Å². The van der Waals surface area contributed by atoms with Gasteiger partial charge in [0.25, 0.3) is 0 Å². The summed E-state index contributed by atoms with van der Waals surface area (Å²) in [7, 11) is 0. The first-order valence-corrected chi connectivity index (χ1v) is 6.03. The Morgan fingerprint density at radius 2 is 2.06 bits per heavy atom. The van der Waals surface area contributed by atoms with Gasteiger partial charge in [0.15, 0.2) is 0 Å². The summed E-state index contributed by atoms with van der Waals surface area (Å²) in [4.78, 5) is 11.7. The number of hydrogen-bond acceptors (Lipinski definition) is 2. The molecule has 1 heterocycles. The molecule has 1 amide bonds. The van der Waals surface area contributed by atoms with Crippen molar-refractivity contribution in [1.29, 1.82) is 0 Å². The topological polar surface area (TPSA) is 54.3 Å². The fraction of sp³-hybridized carbons (Fsp3) is 0.615. The summed E-state index contributed by atoms with van der Waals surface area (Å²) in [5.74, 6) is 0.426. The molecule has 0 bridgehead atoms. The number of aliphatic hydroxyl groups excluding tert-OH is 1. The SMILES string of the molecule is CC(O)c1ccn(CC(=O)NC(C)C(C)C)c1. The highest BCUT2D eigenvalue weighted by Crippen LogP contribution is 2.11. The average Bonchev–Trinajstić information content (AvgIpc) is 2.65. The molecule has 4 heteroatoms. The van der Waals surface area contributed by atoms with Gasteiger partial charge in [0.1, 0.15) is 6.54 Å². The van der Waals surface area contributed by atoms with Crippen molar-refractivity contribution in [3.05, 3.63) is 24.0 Å². The minimum Gasteiger partial charge on any atom is -0.389 e. The van der Waals surface area contributed by atoms with Crippen molar-refractivity contribution in [2.24, 2.45) is 5.92 Å². The Morgan fingerprint density at radius 3 is 2.53 bits per heavy atom. The number of carbonyl (C=O) groups excluding carboxylic acids is 1. The lowest BCUT2D eigenvalue weighted by molar-refractivity contribution is -0.122. The Labute approximate surface area is 103 Å². The Hall–Kier alpha value is -1.29. The molecule has 4 nitrogen and oxygen atoms in total. The van der Waals surface area contributed by atoms with Crippen molar-refractivity contribution in [3.8, 4) is 0 Å². The highest BCUT2D eigenvalue weighted by atomic mass is 16.3. The highest BCUT2D eigenvalue weighted by Gasteiger charge is 2.11. The zero-order chi connectivity index (χ0) is 13.0. The van der Waals surface area contributed by atoms with E-state index < -0.39 is 6.10 Å². The highest BCUT2D eigenvalue weighted by molar-refractivity contribution is 5.76. The van der Waals surface area contributed by atoms with Crippen LogP contribution in [0.2, 0.25) is 0 Å². The van der Waals surface area contributed by atoms with E-state index in [4.69, 9.17) is 0 Å². The molecule has 2 atom stereocenters. The standard InChI is InChI=1S/C13H22N2O2/c1-9(2)10(3)14-13(17)8-15-6-5-12(7-15)11(4)16/h5-7,9-11,16H,8H2,1-4H3,(H,14,17). The predicted molar refractivity (Wildman–Crippen MR) is 67.5 cm³/mol. The molecule has 0 aliphatic rings. The summed E-state index contributed by atoms with van der Waals surface area (Å²) >= 11 is 0. The van der Waals surface area contributed by atoms with Crippen LogP contribution in [0, 0.1) is 5.92 Å². The molecule has 0 aliphatic carbocycles. The van der Waals surface area contributed by atoms with Crippen LogP contribution < -0.4 is 5.32 Å². The van der Waals surface area contributed by atoms with Crippen LogP contribution in [0.5, 0.6) is 0 Å². The first-order valence-electron chi connectivity index (χ1n) is 6.03. The third kappa shape index (κ3) is 4.23. The van der Waals surface area contributed by atoms with E-state index in [2.05, 4.69) is 19.2 Å². The Kier molecular flexibility index (Phi) is 4.75. The molecule has 0 aliphatic heterocycles. The van der Waals surface area contributed by atoms with Crippen LogP contribution in [-0.4, -0.2) is 21.6 Å². The second-order valence-electron chi connectivity index (χ2n) is 4.89. The summed E-state index contributed by atoms with van der Waals surface area (Å²) in [5, 5.41) is 12.3. The first-order chi connectivity index (χ1) is 7.90. The first kappa shape index (κ1) is 13.8. The van der Waals surface area contributed by atoms with Crippen molar-refractivity contribution in [2.75, 3.05) is 0 Å². The van der Waals surface area contributed by atoms with Gasteiger partial charge in [-0.3, -0.25) is 4.79 Å². The van der Waals surface area contributed by atoms with Crippen LogP contribution in [0.4, 0.5) is 0 Å². The lowest BCUT2D eigenvalue weighted by Gasteiger charge is -2.17. The molecule has 0 radical (unpaired) electrons. The third-order valence-corrected chi connectivity index (χ3v) is 2.97. The number of hydrogen-bond donors (Lipinski definition) is 2. The second kappa shape index (κ2) is 5.87. The number of amides is 1. The number of aromatic nitrogens is 1. The number of aliphatic hydroxyl groups is 1. The van der Waals surface area contributed by atoms with Gasteiger partial charge in [-0.25, -0.2) is 0 Å².